The number of halogens is 2. The van der Waals surface area contributed by atoms with Crippen LogP contribution in [0, 0.1) is 6.92 Å². The molecule has 1 atom stereocenters. The van der Waals surface area contributed by atoms with E-state index in [4.69, 9.17) is 4.74 Å². The molecular weight excluding hydrogens is 368 g/mol. The van der Waals surface area contributed by atoms with Gasteiger partial charge >= 0.3 is 12.6 Å². The first-order valence-electron chi connectivity index (χ1n) is 7.52. The summed E-state index contributed by atoms with van der Waals surface area (Å²) in [5, 5.41) is 5.93. The third-order valence-electron chi connectivity index (χ3n) is 3.29. The van der Waals surface area contributed by atoms with Crippen LogP contribution in [0.1, 0.15) is 23.0 Å². The standard InChI is InChI=1S/C16H17F2N3O4S/c1-8-12(14(19-3)26-21-8)15(23)24-9(2)13(22)20-10-4-6-11(7-5-10)25-16(17)18/h4-7,9,16,19H,1-3H3,(H,20,22)/t9-/m1/s1. The van der Waals surface area contributed by atoms with Crippen LogP contribution in [0.15, 0.2) is 24.3 Å². The van der Waals surface area contributed by atoms with Crippen molar-refractivity contribution in [3.05, 3.63) is 35.5 Å². The van der Waals surface area contributed by atoms with E-state index in [9.17, 15) is 18.4 Å². The van der Waals surface area contributed by atoms with Gasteiger partial charge in [0, 0.05) is 12.7 Å². The van der Waals surface area contributed by atoms with Gasteiger partial charge in [0.25, 0.3) is 5.91 Å². The maximum Gasteiger partial charge on any atom is 0.387 e. The number of benzene rings is 1. The maximum absolute atomic E-state index is 12.3. The van der Waals surface area contributed by atoms with Gasteiger partial charge in [-0.25, -0.2) is 4.79 Å². The van der Waals surface area contributed by atoms with Crippen LogP contribution in [0.5, 0.6) is 5.75 Å². The molecule has 0 radical (unpaired) electrons. The van der Waals surface area contributed by atoms with Crippen molar-refractivity contribution in [1.29, 1.82) is 0 Å². The quantitative estimate of drug-likeness (QED) is 0.711. The Morgan fingerprint density at radius 2 is 1.88 bits per heavy atom. The van der Waals surface area contributed by atoms with Gasteiger partial charge in [0.15, 0.2) is 6.10 Å². The molecule has 1 aromatic carbocycles. The zero-order chi connectivity index (χ0) is 19.3. The summed E-state index contributed by atoms with van der Waals surface area (Å²) in [5.74, 6) is -1.26. The number of alkyl halides is 2. The summed E-state index contributed by atoms with van der Waals surface area (Å²) in [6.45, 7) is 0.171. The molecule has 140 valence electrons. The highest BCUT2D eigenvalue weighted by molar-refractivity contribution is 7.10. The Labute approximate surface area is 152 Å². The van der Waals surface area contributed by atoms with Crippen LogP contribution in [-0.2, 0) is 9.53 Å². The minimum absolute atomic E-state index is 0.0301. The molecule has 7 nitrogen and oxygen atoms in total. The smallest absolute Gasteiger partial charge is 0.387 e. The van der Waals surface area contributed by atoms with Crippen LogP contribution >= 0.6 is 11.5 Å². The monoisotopic (exact) mass is 385 g/mol. The number of anilines is 2. The highest BCUT2D eigenvalue weighted by Gasteiger charge is 2.24. The largest absolute Gasteiger partial charge is 0.449 e. The Balaban J connectivity index is 1.97. The lowest BCUT2D eigenvalue weighted by molar-refractivity contribution is -0.123. The number of esters is 1. The molecule has 1 aromatic heterocycles. The van der Waals surface area contributed by atoms with Crippen molar-refractivity contribution in [3.8, 4) is 5.75 Å². The second-order valence-electron chi connectivity index (χ2n) is 5.16. The molecule has 0 aliphatic heterocycles. The van der Waals surface area contributed by atoms with E-state index >= 15 is 0 Å². The molecule has 0 saturated carbocycles. The Morgan fingerprint density at radius 1 is 1.23 bits per heavy atom. The number of hydrogen-bond acceptors (Lipinski definition) is 7. The number of amides is 1. The number of nitrogens with zero attached hydrogens (tertiary/aromatic N) is 1. The number of nitrogens with one attached hydrogen (secondary N) is 2. The minimum Gasteiger partial charge on any atom is -0.449 e. The molecule has 1 heterocycles. The van der Waals surface area contributed by atoms with Crippen LogP contribution in [0.2, 0.25) is 0 Å². The SMILES string of the molecule is CNc1snc(C)c1C(=O)O[C@H](C)C(=O)Nc1ccc(OC(F)F)cc1. The third kappa shape index (κ3) is 4.88. The summed E-state index contributed by atoms with van der Waals surface area (Å²) >= 11 is 1.12. The fraction of sp³-hybridized carbons (Fsp3) is 0.312. The fourth-order valence-corrected chi connectivity index (χ4v) is 2.75. The summed E-state index contributed by atoms with van der Waals surface area (Å²) in [7, 11) is 1.65. The average molecular weight is 385 g/mol. The molecule has 2 aromatic rings. The number of rotatable bonds is 7. The van der Waals surface area contributed by atoms with Crippen molar-refractivity contribution in [3.63, 3.8) is 0 Å². The van der Waals surface area contributed by atoms with E-state index in [1.807, 2.05) is 0 Å². The lowest BCUT2D eigenvalue weighted by Crippen LogP contribution is -2.30. The van der Waals surface area contributed by atoms with E-state index < -0.39 is 24.6 Å². The molecular formula is C16H17F2N3O4S. The van der Waals surface area contributed by atoms with Crippen molar-refractivity contribution in [2.75, 3.05) is 17.7 Å². The number of aromatic nitrogens is 1. The van der Waals surface area contributed by atoms with Crippen molar-refractivity contribution in [2.24, 2.45) is 0 Å². The van der Waals surface area contributed by atoms with Crippen LogP contribution in [0.3, 0.4) is 0 Å². The van der Waals surface area contributed by atoms with Gasteiger partial charge in [-0.15, -0.1) is 0 Å². The van der Waals surface area contributed by atoms with Gasteiger partial charge in [-0.2, -0.15) is 13.2 Å². The van der Waals surface area contributed by atoms with E-state index in [2.05, 4.69) is 19.7 Å². The van der Waals surface area contributed by atoms with Gasteiger partial charge in [-0.3, -0.25) is 4.79 Å². The van der Waals surface area contributed by atoms with Crippen molar-refractivity contribution >= 4 is 34.1 Å². The first-order chi connectivity index (χ1) is 12.3. The number of hydrogen-bond donors (Lipinski definition) is 2. The van der Waals surface area contributed by atoms with Gasteiger partial charge in [-0.1, -0.05) is 0 Å². The Bertz CT molecular complexity index is 780. The molecule has 2 N–H and O–H groups in total. The number of carbonyl (C=O) groups excluding carboxylic acids is 2. The predicted molar refractivity (Wildman–Crippen MR) is 93.0 cm³/mol. The first-order valence-corrected chi connectivity index (χ1v) is 8.30. The predicted octanol–water partition coefficient (Wildman–Crippen LogP) is 3.28. The lowest BCUT2D eigenvalue weighted by atomic mass is 10.2. The van der Waals surface area contributed by atoms with E-state index in [-0.39, 0.29) is 11.3 Å². The van der Waals surface area contributed by atoms with Crippen molar-refractivity contribution in [2.45, 2.75) is 26.6 Å². The number of carbonyl (C=O) groups is 2. The van der Waals surface area contributed by atoms with Crippen LogP contribution in [0.4, 0.5) is 19.5 Å². The van der Waals surface area contributed by atoms with Crippen LogP contribution in [0.25, 0.3) is 0 Å². The summed E-state index contributed by atoms with van der Waals surface area (Å²) in [5.41, 5.74) is 1.14. The molecule has 0 fully saturated rings. The fourth-order valence-electron chi connectivity index (χ4n) is 2.02. The normalized spacial score (nSPS) is 11.8. The van der Waals surface area contributed by atoms with Crippen LogP contribution in [-0.4, -0.2) is 36.0 Å². The Hall–Kier alpha value is -2.75. The average Bonchev–Trinajstić information content (AvgIpc) is 2.96. The molecule has 0 aliphatic carbocycles. The van der Waals surface area contributed by atoms with E-state index in [1.165, 1.54) is 31.2 Å². The van der Waals surface area contributed by atoms with Crippen LogP contribution < -0.4 is 15.4 Å². The molecule has 2 rings (SSSR count). The first kappa shape index (κ1) is 19.6. The second kappa shape index (κ2) is 8.56. The number of ether oxygens (including phenoxy) is 2. The third-order valence-corrected chi connectivity index (χ3v) is 4.25. The Morgan fingerprint density at radius 3 is 2.46 bits per heavy atom. The minimum atomic E-state index is -2.92. The van der Waals surface area contributed by atoms with Crippen molar-refractivity contribution in [1.82, 2.24) is 4.37 Å². The molecule has 0 bridgehead atoms. The number of aryl methyl sites for hydroxylation is 1. The van der Waals surface area contributed by atoms with Gasteiger partial charge in [0.2, 0.25) is 0 Å². The summed E-state index contributed by atoms with van der Waals surface area (Å²) < 4.78 is 37.7. The summed E-state index contributed by atoms with van der Waals surface area (Å²) in [6, 6.07) is 5.38. The molecule has 0 unspecified atom stereocenters. The summed E-state index contributed by atoms with van der Waals surface area (Å²) in [4.78, 5) is 24.4. The van der Waals surface area contributed by atoms with E-state index in [1.54, 1.807) is 14.0 Å². The lowest BCUT2D eigenvalue weighted by Gasteiger charge is -2.14. The highest BCUT2D eigenvalue weighted by Crippen LogP contribution is 2.25. The molecule has 0 spiro atoms. The molecule has 0 saturated heterocycles. The maximum atomic E-state index is 12.3. The second-order valence-corrected chi connectivity index (χ2v) is 5.94. The van der Waals surface area contributed by atoms with E-state index in [0.29, 0.717) is 16.4 Å². The molecule has 0 aliphatic rings. The van der Waals surface area contributed by atoms with E-state index in [0.717, 1.165) is 11.5 Å². The zero-order valence-electron chi connectivity index (χ0n) is 14.2. The Kier molecular flexibility index (Phi) is 6.45. The van der Waals surface area contributed by atoms with Gasteiger partial charge in [0.05, 0.1) is 5.69 Å². The van der Waals surface area contributed by atoms with Crippen molar-refractivity contribution < 1.29 is 27.8 Å². The molecule has 26 heavy (non-hydrogen) atoms. The van der Waals surface area contributed by atoms with Gasteiger partial charge in [0.1, 0.15) is 16.3 Å². The van der Waals surface area contributed by atoms with Gasteiger partial charge in [-0.05, 0) is 49.6 Å². The zero-order valence-corrected chi connectivity index (χ0v) is 15.0. The van der Waals surface area contributed by atoms with Gasteiger partial charge < -0.3 is 20.1 Å². The highest BCUT2D eigenvalue weighted by atomic mass is 32.1. The summed E-state index contributed by atoms with van der Waals surface area (Å²) in [6.07, 6.45) is -1.07. The molecule has 1 amide bonds. The molecule has 10 heteroatoms. The topological polar surface area (TPSA) is 89.5 Å².